The van der Waals surface area contributed by atoms with Gasteiger partial charge in [-0.25, -0.2) is 0 Å². The van der Waals surface area contributed by atoms with E-state index in [1.54, 1.807) is 21.9 Å². The Morgan fingerprint density at radius 2 is 1.88 bits per heavy atom. The van der Waals surface area contributed by atoms with Crippen molar-refractivity contribution in [2.24, 2.45) is 0 Å². The van der Waals surface area contributed by atoms with Gasteiger partial charge >= 0.3 is 0 Å². The molecule has 4 heterocycles. The van der Waals surface area contributed by atoms with Crippen LogP contribution < -0.4 is 10.2 Å². The van der Waals surface area contributed by atoms with Crippen molar-refractivity contribution in [1.82, 2.24) is 15.1 Å². The molecule has 180 valence electrons. The van der Waals surface area contributed by atoms with Crippen molar-refractivity contribution in [1.29, 1.82) is 0 Å². The Labute approximate surface area is 198 Å². The van der Waals surface area contributed by atoms with Gasteiger partial charge in [-0.2, -0.15) is 0 Å². The number of nitrogens with one attached hydrogen (secondary N) is 1. The molecule has 1 aromatic heterocycles. The predicted molar refractivity (Wildman–Crippen MR) is 124 cm³/mol. The molecule has 1 unspecified atom stereocenters. The number of hydrogen-bond acceptors (Lipinski definition) is 6. The lowest BCUT2D eigenvalue weighted by atomic mass is 9.85. The van der Waals surface area contributed by atoms with Gasteiger partial charge in [0.15, 0.2) is 5.76 Å². The number of nitrogens with zero attached hydrogens (tertiary/aromatic N) is 3. The maximum atomic E-state index is 13.7. The molecular formula is C25H30N4O5. The van der Waals surface area contributed by atoms with Crippen LogP contribution in [0.3, 0.4) is 0 Å². The standard InChI is InChI=1S/C25H30N4O5/c30-22(26-16-20-8-4-14-33-20)17-28-18-29(19-6-2-1-3-7-19)25(24(28)32)10-12-27(13-11-25)23(31)21-9-5-15-34-21/h1-3,5-7,9,15,20H,4,8,10-14,16-18H2,(H,26,30). The normalized spacial score (nSPS) is 21.9. The first-order valence-electron chi connectivity index (χ1n) is 11.9. The van der Waals surface area contributed by atoms with Gasteiger partial charge in [0.2, 0.25) is 5.91 Å². The van der Waals surface area contributed by atoms with E-state index >= 15 is 0 Å². The second kappa shape index (κ2) is 9.50. The molecule has 34 heavy (non-hydrogen) atoms. The molecule has 1 N–H and O–H groups in total. The summed E-state index contributed by atoms with van der Waals surface area (Å²) in [7, 11) is 0. The number of benzene rings is 1. The number of anilines is 1. The largest absolute Gasteiger partial charge is 0.459 e. The van der Waals surface area contributed by atoms with Crippen LogP contribution in [0.25, 0.3) is 0 Å². The van der Waals surface area contributed by atoms with E-state index < -0.39 is 5.54 Å². The molecule has 3 aliphatic rings. The highest BCUT2D eigenvalue weighted by molar-refractivity contribution is 5.97. The van der Waals surface area contributed by atoms with Gasteiger partial charge in [-0.3, -0.25) is 14.4 Å². The molecule has 3 amide bonds. The maximum Gasteiger partial charge on any atom is 0.289 e. The minimum absolute atomic E-state index is 0.00563. The number of rotatable bonds is 6. The van der Waals surface area contributed by atoms with E-state index in [1.165, 1.54) is 6.26 Å². The van der Waals surface area contributed by atoms with Crippen LogP contribution >= 0.6 is 0 Å². The average molecular weight is 467 g/mol. The fraction of sp³-hybridized carbons (Fsp3) is 0.480. The van der Waals surface area contributed by atoms with Crippen LogP contribution in [0, 0.1) is 0 Å². The molecule has 0 saturated carbocycles. The summed E-state index contributed by atoms with van der Waals surface area (Å²) in [4.78, 5) is 44.6. The number of amides is 3. The molecule has 1 spiro atoms. The monoisotopic (exact) mass is 466 g/mol. The SMILES string of the molecule is O=C(CN1CN(c2ccccc2)C2(CCN(C(=O)c3ccco3)CC2)C1=O)NCC1CCCO1. The third kappa shape index (κ3) is 4.27. The highest BCUT2D eigenvalue weighted by Crippen LogP contribution is 2.39. The second-order valence-electron chi connectivity index (χ2n) is 9.15. The molecule has 1 aromatic carbocycles. The van der Waals surface area contributed by atoms with E-state index in [0.717, 1.165) is 25.1 Å². The van der Waals surface area contributed by atoms with Crippen molar-refractivity contribution in [3.05, 3.63) is 54.5 Å². The molecule has 0 bridgehead atoms. The van der Waals surface area contributed by atoms with Crippen LogP contribution in [0.15, 0.2) is 53.1 Å². The lowest BCUT2D eigenvalue weighted by Gasteiger charge is -2.43. The summed E-state index contributed by atoms with van der Waals surface area (Å²) in [5.41, 5.74) is 0.153. The van der Waals surface area contributed by atoms with E-state index in [4.69, 9.17) is 9.15 Å². The Morgan fingerprint density at radius 1 is 1.09 bits per heavy atom. The van der Waals surface area contributed by atoms with Crippen LogP contribution in [0.4, 0.5) is 5.69 Å². The third-order valence-corrected chi connectivity index (χ3v) is 7.08. The lowest BCUT2D eigenvalue weighted by Crippen LogP contribution is -2.57. The molecule has 9 nitrogen and oxygen atoms in total. The summed E-state index contributed by atoms with van der Waals surface area (Å²) >= 11 is 0. The van der Waals surface area contributed by atoms with Crippen LogP contribution in [-0.4, -0.2) is 78.6 Å². The zero-order valence-electron chi connectivity index (χ0n) is 19.2. The molecule has 0 radical (unpaired) electrons. The summed E-state index contributed by atoms with van der Waals surface area (Å²) < 4.78 is 10.8. The van der Waals surface area contributed by atoms with Gasteiger partial charge in [0.25, 0.3) is 11.8 Å². The van der Waals surface area contributed by atoms with E-state index in [1.807, 2.05) is 30.3 Å². The van der Waals surface area contributed by atoms with Gasteiger partial charge in [-0.05, 0) is 49.9 Å². The van der Waals surface area contributed by atoms with Crippen molar-refractivity contribution in [3.8, 4) is 0 Å². The molecular weight excluding hydrogens is 436 g/mol. The molecule has 3 fully saturated rings. The van der Waals surface area contributed by atoms with Crippen LogP contribution in [0.2, 0.25) is 0 Å². The zero-order chi connectivity index (χ0) is 23.5. The first-order chi connectivity index (χ1) is 16.6. The van der Waals surface area contributed by atoms with Gasteiger partial charge in [0, 0.05) is 31.9 Å². The Bertz CT molecular complexity index is 1010. The topological polar surface area (TPSA) is 95.3 Å². The van der Waals surface area contributed by atoms with Crippen molar-refractivity contribution in [2.45, 2.75) is 37.3 Å². The van der Waals surface area contributed by atoms with Crippen LogP contribution in [0.1, 0.15) is 36.2 Å². The number of hydrogen-bond donors (Lipinski definition) is 1. The number of piperidine rings is 1. The predicted octanol–water partition coefficient (Wildman–Crippen LogP) is 1.86. The number of likely N-dealkylation sites (tertiary alicyclic amines) is 1. The lowest BCUT2D eigenvalue weighted by molar-refractivity contribution is -0.137. The summed E-state index contributed by atoms with van der Waals surface area (Å²) in [6.07, 6.45) is 4.47. The van der Waals surface area contributed by atoms with E-state index in [0.29, 0.717) is 44.9 Å². The molecule has 0 aliphatic carbocycles. The van der Waals surface area contributed by atoms with Gasteiger partial charge in [-0.1, -0.05) is 18.2 Å². The van der Waals surface area contributed by atoms with Crippen LogP contribution in [-0.2, 0) is 14.3 Å². The fourth-order valence-electron chi connectivity index (χ4n) is 5.22. The minimum Gasteiger partial charge on any atom is -0.459 e. The van der Waals surface area contributed by atoms with E-state index in [9.17, 15) is 14.4 Å². The quantitative estimate of drug-likeness (QED) is 0.698. The minimum atomic E-state index is -0.782. The molecule has 5 rings (SSSR count). The van der Waals surface area contributed by atoms with Gasteiger partial charge in [0.1, 0.15) is 12.1 Å². The molecule has 3 saturated heterocycles. The Balaban J connectivity index is 1.29. The van der Waals surface area contributed by atoms with Crippen molar-refractivity contribution in [2.75, 3.05) is 44.4 Å². The summed E-state index contributed by atoms with van der Waals surface area (Å²) in [6.45, 7) is 2.42. The van der Waals surface area contributed by atoms with Crippen LogP contribution in [0.5, 0.6) is 0 Å². The van der Waals surface area contributed by atoms with Crippen molar-refractivity contribution >= 4 is 23.4 Å². The number of furan rings is 1. The first-order valence-corrected chi connectivity index (χ1v) is 11.9. The number of ether oxygens (including phenoxy) is 1. The smallest absolute Gasteiger partial charge is 0.289 e. The highest BCUT2D eigenvalue weighted by Gasteiger charge is 2.54. The van der Waals surface area contributed by atoms with Gasteiger partial charge < -0.3 is 29.2 Å². The summed E-state index contributed by atoms with van der Waals surface area (Å²) in [6, 6.07) is 13.1. The molecule has 9 heteroatoms. The Hall–Kier alpha value is -3.33. The van der Waals surface area contributed by atoms with Crippen molar-refractivity contribution in [3.63, 3.8) is 0 Å². The third-order valence-electron chi connectivity index (χ3n) is 7.08. The van der Waals surface area contributed by atoms with Gasteiger partial charge in [0.05, 0.1) is 19.0 Å². The van der Waals surface area contributed by atoms with E-state index in [-0.39, 0.29) is 30.4 Å². The highest BCUT2D eigenvalue weighted by atomic mass is 16.5. The first kappa shape index (κ1) is 22.5. The summed E-state index contributed by atoms with van der Waals surface area (Å²) in [5, 5.41) is 2.92. The van der Waals surface area contributed by atoms with Gasteiger partial charge in [-0.15, -0.1) is 0 Å². The molecule has 3 aliphatic heterocycles. The Morgan fingerprint density at radius 3 is 2.56 bits per heavy atom. The fourth-order valence-corrected chi connectivity index (χ4v) is 5.22. The molecule has 2 aromatic rings. The number of carbonyl (C=O) groups is 3. The average Bonchev–Trinajstić information content (AvgIpc) is 3.63. The summed E-state index contributed by atoms with van der Waals surface area (Å²) in [5.74, 6) is -0.104. The maximum absolute atomic E-state index is 13.7. The number of carbonyl (C=O) groups excluding carboxylic acids is 3. The Kier molecular flexibility index (Phi) is 6.28. The molecule has 1 atom stereocenters. The zero-order valence-corrected chi connectivity index (χ0v) is 19.2. The van der Waals surface area contributed by atoms with Crippen molar-refractivity contribution < 1.29 is 23.5 Å². The number of para-hydroxylation sites is 1. The van der Waals surface area contributed by atoms with E-state index in [2.05, 4.69) is 10.2 Å². The second-order valence-corrected chi connectivity index (χ2v) is 9.15.